The number of aliphatic hydroxyl groups is 3. The molecule has 1 aromatic rings. The number of amides is 2. The number of nitrogens with zero attached hydrogens (tertiary/aromatic N) is 1. The van der Waals surface area contributed by atoms with E-state index in [0.717, 1.165) is 6.07 Å². The van der Waals surface area contributed by atoms with Crippen molar-refractivity contribution < 1.29 is 43.9 Å². The van der Waals surface area contributed by atoms with Gasteiger partial charge in [0.2, 0.25) is 0 Å². The molecule has 0 bridgehead atoms. The maximum atomic E-state index is 15.3. The average molecular weight is 557 g/mol. The molecule has 0 spiro atoms. The van der Waals surface area contributed by atoms with Crippen LogP contribution in [0.3, 0.4) is 0 Å². The SMILES string of the molecule is [B]=C1C(C(N)=O)=C(O)[C@@H](N(C)C)[C@@H]2C[C@@H]3Cc4c(F)cc(NC(=O)CNCCOC)c(O)c4C(O)=C3C(=O)[C@]12O. The van der Waals surface area contributed by atoms with Crippen molar-refractivity contribution in [1.29, 1.82) is 0 Å². The summed E-state index contributed by atoms with van der Waals surface area (Å²) in [5, 5.41) is 50.0. The van der Waals surface area contributed by atoms with E-state index in [1.807, 2.05) is 0 Å². The van der Waals surface area contributed by atoms with Crippen molar-refractivity contribution >= 4 is 42.0 Å². The fourth-order valence-corrected chi connectivity index (χ4v) is 6.03. The summed E-state index contributed by atoms with van der Waals surface area (Å²) in [6.07, 6.45) is -0.195. The average Bonchev–Trinajstić information content (AvgIpc) is 2.86. The zero-order valence-electron chi connectivity index (χ0n) is 22.2. The second kappa shape index (κ2) is 10.8. The number of primary amides is 1. The summed E-state index contributed by atoms with van der Waals surface area (Å²) < 4.78 is 20.2. The molecular formula is C26H31BFN4O8. The fourth-order valence-electron chi connectivity index (χ4n) is 6.03. The van der Waals surface area contributed by atoms with Gasteiger partial charge in [-0.05, 0) is 0 Å². The molecule has 40 heavy (non-hydrogen) atoms. The number of phenolic OH excluding ortho intramolecular Hbond substituents is 1. The molecule has 1 fully saturated rings. The molecular weight excluding hydrogens is 526 g/mol. The number of methoxy groups -OCH3 is 1. The molecule has 0 unspecified atom stereocenters. The molecule has 4 atom stereocenters. The number of hydrogen-bond donors (Lipinski definition) is 7. The number of hydrogen-bond acceptors (Lipinski definition) is 10. The number of rotatable bonds is 8. The van der Waals surface area contributed by atoms with Crippen molar-refractivity contribution in [2.24, 2.45) is 17.6 Å². The van der Waals surface area contributed by atoms with Gasteiger partial charge in [0, 0.05) is 13.7 Å². The maximum absolute atomic E-state index is 15.3. The summed E-state index contributed by atoms with van der Waals surface area (Å²) in [5.41, 5.74) is 0.460. The third-order valence-corrected chi connectivity index (χ3v) is 7.81. The number of halogens is 1. The first-order valence-corrected chi connectivity index (χ1v) is 12.5. The molecule has 12 nitrogen and oxygen atoms in total. The normalized spacial score (nSPS) is 26.0. The van der Waals surface area contributed by atoms with Crippen LogP contribution >= 0.6 is 0 Å². The van der Waals surface area contributed by atoms with E-state index in [4.69, 9.17) is 18.0 Å². The van der Waals surface area contributed by atoms with Crippen LogP contribution in [-0.4, -0.2) is 108 Å². The summed E-state index contributed by atoms with van der Waals surface area (Å²) in [6.45, 7) is 0.547. The predicted molar refractivity (Wildman–Crippen MR) is 143 cm³/mol. The molecule has 0 aliphatic heterocycles. The van der Waals surface area contributed by atoms with Crippen LogP contribution in [0.5, 0.6) is 5.75 Å². The first-order valence-electron chi connectivity index (χ1n) is 12.5. The van der Waals surface area contributed by atoms with E-state index >= 15 is 4.39 Å². The summed E-state index contributed by atoms with van der Waals surface area (Å²) in [4.78, 5) is 39.9. The zero-order valence-corrected chi connectivity index (χ0v) is 22.2. The quantitative estimate of drug-likeness (QED) is 0.119. The van der Waals surface area contributed by atoms with Crippen LogP contribution in [0.2, 0.25) is 0 Å². The molecule has 0 aromatic heterocycles. The third-order valence-electron chi connectivity index (χ3n) is 7.81. The van der Waals surface area contributed by atoms with Crippen molar-refractivity contribution in [3.63, 3.8) is 0 Å². The van der Waals surface area contributed by atoms with Gasteiger partial charge in [-0.25, -0.2) is 0 Å². The Balaban J connectivity index is 1.79. The molecule has 2 amide bonds. The Labute approximate surface area is 230 Å². The molecule has 213 valence electrons. The van der Waals surface area contributed by atoms with Crippen LogP contribution in [0.4, 0.5) is 10.1 Å². The standard InChI is InChI=1S/C26H31BFN4O8/c1-32(2)19-12-7-10-6-11-13(28)8-14(31-15(33)9-30-4-5-40-3)20(34)17(11)21(35)16(10)24(37)26(12,39)23(27)18(22(19)36)25(29)38/h8,10,12,19,30,34-36,39H,4-7,9H2,1-3H3,(H2,29,38)(H,31,33)/t10-,12-,19-,26+/m0/s1. The Hall–Kier alpha value is -3.59. The number of fused-ring (bicyclic) bond motifs is 3. The molecule has 14 heteroatoms. The van der Waals surface area contributed by atoms with Crippen molar-refractivity contribution in [1.82, 2.24) is 10.2 Å². The van der Waals surface area contributed by atoms with Gasteiger partial charge in [-0.15, -0.1) is 0 Å². The van der Waals surface area contributed by atoms with Gasteiger partial charge in [0.15, 0.2) is 0 Å². The number of ether oxygens (including phenoxy) is 1. The van der Waals surface area contributed by atoms with Gasteiger partial charge < -0.3 is 4.74 Å². The van der Waals surface area contributed by atoms with E-state index in [-0.39, 0.29) is 36.2 Å². The van der Waals surface area contributed by atoms with E-state index in [0.29, 0.717) is 13.2 Å². The molecule has 0 heterocycles. The van der Waals surface area contributed by atoms with Crippen molar-refractivity contribution in [2.75, 3.05) is 46.2 Å². The van der Waals surface area contributed by atoms with E-state index in [9.17, 15) is 34.8 Å². The van der Waals surface area contributed by atoms with E-state index in [1.165, 1.54) is 12.0 Å². The van der Waals surface area contributed by atoms with Gasteiger partial charge in [-0.3, -0.25) is 0 Å². The number of likely N-dealkylation sites (N-methyl/N-ethyl adjacent to an activating group) is 1. The second-order valence-corrected chi connectivity index (χ2v) is 10.4. The van der Waals surface area contributed by atoms with Crippen LogP contribution in [0.1, 0.15) is 17.5 Å². The number of nitrogens with two attached hydrogens (primary N) is 1. The molecule has 0 saturated heterocycles. The predicted octanol–water partition coefficient (Wildman–Crippen LogP) is -0.951. The number of anilines is 1. The number of benzene rings is 1. The molecule has 8 N–H and O–H groups in total. The number of carbonyl (C=O) groups is 3. The van der Waals surface area contributed by atoms with Crippen molar-refractivity contribution in [3.05, 3.63) is 39.9 Å². The fraction of sp³-hybridized carbons (Fsp3) is 0.462. The second-order valence-electron chi connectivity index (χ2n) is 10.4. The van der Waals surface area contributed by atoms with Crippen LogP contribution in [0, 0.1) is 17.7 Å². The number of phenols is 1. The van der Waals surface area contributed by atoms with Gasteiger partial charge >= 0.3 is 205 Å². The Morgan fingerprint density at radius 1 is 1.30 bits per heavy atom. The van der Waals surface area contributed by atoms with Crippen LogP contribution in [0.25, 0.3) is 5.76 Å². The molecule has 3 aliphatic carbocycles. The summed E-state index contributed by atoms with van der Waals surface area (Å²) in [7, 11) is 10.7. The van der Waals surface area contributed by atoms with E-state index in [1.54, 1.807) is 14.1 Å². The van der Waals surface area contributed by atoms with Crippen LogP contribution < -0.4 is 16.4 Å². The molecule has 3 aliphatic rings. The topological polar surface area (TPSA) is 195 Å². The number of carbonyl (C=O) groups excluding carboxylic acids is 3. The van der Waals surface area contributed by atoms with Crippen LogP contribution in [-0.2, 0) is 25.5 Å². The van der Waals surface area contributed by atoms with Gasteiger partial charge in [0.05, 0.1) is 6.61 Å². The number of aliphatic hydroxyl groups excluding tert-OH is 2. The summed E-state index contributed by atoms with van der Waals surface area (Å²) in [5.74, 6) is -7.56. The molecule has 1 radical (unpaired) electrons. The minimum absolute atomic E-state index is 0.0491. The first-order chi connectivity index (χ1) is 18.8. The number of nitrogens with one attached hydrogen (secondary N) is 2. The van der Waals surface area contributed by atoms with Gasteiger partial charge in [0.1, 0.15) is 0 Å². The van der Waals surface area contributed by atoms with E-state index in [2.05, 4.69) is 10.6 Å². The van der Waals surface area contributed by atoms with Gasteiger partial charge in [-0.2, -0.15) is 0 Å². The van der Waals surface area contributed by atoms with Crippen LogP contribution in [0.15, 0.2) is 23.0 Å². The molecule has 1 saturated carbocycles. The third kappa shape index (κ3) is 4.50. The van der Waals surface area contributed by atoms with Gasteiger partial charge in [0.25, 0.3) is 0 Å². The number of ketones is 1. The minimum atomic E-state index is -2.54. The number of Topliss-reactive ketones (excluding diaryl/α,β-unsaturated/α-hetero) is 1. The summed E-state index contributed by atoms with van der Waals surface area (Å²) in [6, 6.07) is -0.134. The van der Waals surface area contributed by atoms with E-state index < -0.39 is 80.8 Å². The Kier molecular flexibility index (Phi) is 7.91. The molecule has 4 rings (SSSR count). The summed E-state index contributed by atoms with van der Waals surface area (Å²) >= 11 is 0. The Bertz CT molecular complexity index is 1380. The zero-order chi connectivity index (χ0) is 29.7. The monoisotopic (exact) mass is 557 g/mol. The Morgan fingerprint density at radius 3 is 2.58 bits per heavy atom. The van der Waals surface area contributed by atoms with Gasteiger partial charge in [-0.1, -0.05) is 0 Å². The Morgan fingerprint density at radius 2 is 1.98 bits per heavy atom. The number of aromatic hydroxyl groups is 1. The molecule has 1 aromatic carbocycles. The first kappa shape index (κ1) is 29.4. The van der Waals surface area contributed by atoms with Crippen molar-refractivity contribution in [2.45, 2.75) is 24.5 Å². The van der Waals surface area contributed by atoms with Crippen molar-refractivity contribution in [3.8, 4) is 5.75 Å².